The molecular weight excluding hydrogens is 278 g/mol. The lowest BCUT2D eigenvalue weighted by molar-refractivity contribution is 0.0697. The molecule has 1 fully saturated rings. The molecule has 1 aliphatic rings. The Balaban J connectivity index is 2.01. The van der Waals surface area contributed by atoms with Crippen LogP contribution in [0.15, 0.2) is 36.7 Å². The van der Waals surface area contributed by atoms with Crippen molar-refractivity contribution in [2.24, 2.45) is 0 Å². The standard InChI is InChI=1S/C17H19N3O2/c1-20-9-3-6-14(11-20)16-15(18-7-8-19-16)12-4-2-5-13(10-12)17(21)22/h2,4-5,7-8,10,14H,3,6,9,11H2,1H3,(H,21,22)/t14-/m0/s1. The summed E-state index contributed by atoms with van der Waals surface area (Å²) in [5.41, 5.74) is 2.86. The number of carbonyl (C=O) groups is 1. The maximum Gasteiger partial charge on any atom is 0.335 e. The van der Waals surface area contributed by atoms with E-state index in [0.29, 0.717) is 5.92 Å². The van der Waals surface area contributed by atoms with Crippen LogP contribution in [-0.2, 0) is 0 Å². The van der Waals surface area contributed by atoms with Crippen LogP contribution in [0, 0.1) is 0 Å². The molecule has 1 atom stereocenters. The number of aromatic nitrogens is 2. The number of hydrogen-bond donors (Lipinski definition) is 1. The number of piperidine rings is 1. The molecule has 0 amide bonds. The van der Waals surface area contributed by atoms with Crippen LogP contribution in [0.5, 0.6) is 0 Å². The highest BCUT2D eigenvalue weighted by Crippen LogP contribution is 2.31. The fraction of sp³-hybridized carbons (Fsp3) is 0.353. The van der Waals surface area contributed by atoms with Gasteiger partial charge in [-0.25, -0.2) is 4.79 Å². The van der Waals surface area contributed by atoms with Gasteiger partial charge in [0.15, 0.2) is 0 Å². The molecule has 0 spiro atoms. The van der Waals surface area contributed by atoms with Crippen LogP contribution >= 0.6 is 0 Å². The molecule has 3 rings (SSSR count). The van der Waals surface area contributed by atoms with E-state index in [9.17, 15) is 4.79 Å². The molecule has 1 aromatic heterocycles. The Hall–Kier alpha value is -2.27. The molecule has 2 heterocycles. The molecule has 0 saturated carbocycles. The zero-order valence-corrected chi connectivity index (χ0v) is 12.6. The van der Waals surface area contributed by atoms with Gasteiger partial charge in [-0.1, -0.05) is 12.1 Å². The highest BCUT2D eigenvalue weighted by molar-refractivity contribution is 5.89. The maximum atomic E-state index is 11.2. The number of aromatic carboxylic acids is 1. The van der Waals surface area contributed by atoms with Crippen molar-refractivity contribution in [3.63, 3.8) is 0 Å². The molecule has 0 radical (unpaired) electrons. The smallest absolute Gasteiger partial charge is 0.335 e. The van der Waals surface area contributed by atoms with Crippen molar-refractivity contribution in [2.45, 2.75) is 18.8 Å². The van der Waals surface area contributed by atoms with Crippen molar-refractivity contribution < 1.29 is 9.90 Å². The third-order valence-corrected chi connectivity index (χ3v) is 4.12. The number of hydrogen-bond acceptors (Lipinski definition) is 4. The van der Waals surface area contributed by atoms with Gasteiger partial charge in [0.2, 0.25) is 0 Å². The van der Waals surface area contributed by atoms with Crippen molar-refractivity contribution in [3.05, 3.63) is 47.9 Å². The molecule has 5 heteroatoms. The van der Waals surface area contributed by atoms with Gasteiger partial charge < -0.3 is 10.0 Å². The summed E-state index contributed by atoms with van der Waals surface area (Å²) in [7, 11) is 2.12. The fourth-order valence-corrected chi connectivity index (χ4v) is 3.06. The Morgan fingerprint density at radius 1 is 1.32 bits per heavy atom. The molecular formula is C17H19N3O2. The van der Waals surface area contributed by atoms with Crippen molar-refractivity contribution in [1.82, 2.24) is 14.9 Å². The summed E-state index contributed by atoms with van der Waals surface area (Å²) in [4.78, 5) is 22.5. The Morgan fingerprint density at radius 3 is 2.91 bits per heavy atom. The average molecular weight is 297 g/mol. The molecule has 1 aliphatic heterocycles. The van der Waals surface area contributed by atoms with E-state index in [4.69, 9.17) is 5.11 Å². The second kappa shape index (κ2) is 6.23. The number of benzene rings is 1. The topological polar surface area (TPSA) is 66.3 Å². The minimum Gasteiger partial charge on any atom is -0.478 e. The number of likely N-dealkylation sites (tertiary alicyclic amines) is 1. The number of carboxylic acid groups (broad SMARTS) is 1. The number of rotatable bonds is 3. The SMILES string of the molecule is CN1CCC[C@H](c2nccnc2-c2cccc(C(=O)O)c2)C1. The highest BCUT2D eigenvalue weighted by atomic mass is 16.4. The molecule has 0 aliphatic carbocycles. The maximum absolute atomic E-state index is 11.2. The van der Waals surface area contributed by atoms with Crippen LogP contribution < -0.4 is 0 Å². The van der Waals surface area contributed by atoms with Crippen LogP contribution in [0.3, 0.4) is 0 Å². The van der Waals surface area contributed by atoms with Crippen LogP contribution in [0.4, 0.5) is 0 Å². The van der Waals surface area contributed by atoms with Crippen LogP contribution in [0.2, 0.25) is 0 Å². The van der Waals surface area contributed by atoms with Crippen LogP contribution in [-0.4, -0.2) is 46.1 Å². The van der Waals surface area contributed by atoms with Gasteiger partial charge in [-0.05, 0) is 38.6 Å². The van der Waals surface area contributed by atoms with Crippen molar-refractivity contribution in [1.29, 1.82) is 0 Å². The van der Waals surface area contributed by atoms with Crippen molar-refractivity contribution >= 4 is 5.97 Å². The quantitative estimate of drug-likeness (QED) is 0.943. The fourth-order valence-electron chi connectivity index (χ4n) is 3.06. The molecule has 114 valence electrons. The average Bonchev–Trinajstić information content (AvgIpc) is 2.55. The van der Waals surface area contributed by atoms with E-state index in [0.717, 1.165) is 42.9 Å². The Morgan fingerprint density at radius 2 is 2.14 bits per heavy atom. The van der Waals surface area contributed by atoms with Gasteiger partial charge >= 0.3 is 5.97 Å². The van der Waals surface area contributed by atoms with E-state index in [2.05, 4.69) is 21.9 Å². The van der Waals surface area contributed by atoms with Gasteiger partial charge in [-0.15, -0.1) is 0 Å². The third kappa shape index (κ3) is 2.99. The molecule has 2 aromatic rings. The summed E-state index contributed by atoms with van der Waals surface area (Å²) in [5, 5.41) is 9.17. The lowest BCUT2D eigenvalue weighted by Crippen LogP contribution is -2.31. The first-order valence-electron chi connectivity index (χ1n) is 7.48. The normalized spacial score (nSPS) is 19.0. The predicted molar refractivity (Wildman–Crippen MR) is 83.9 cm³/mol. The Kier molecular flexibility index (Phi) is 4.15. The van der Waals surface area contributed by atoms with E-state index in [-0.39, 0.29) is 5.56 Å². The van der Waals surface area contributed by atoms with Crippen molar-refractivity contribution in [3.8, 4) is 11.3 Å². The molecule has 5 nitrogen and oxygen atoms in total. The van der Waals surface area contributed by atoms with Gasteiger partial charge in [0, 0.05) is 30.4 Å². The molecule has 0 bridgehead atoms. The van der Waals surface area contributed by atoms with Gasteiger partial charge in [0.25, 0.3) is 0 Å². The Labute approximate surface area is 129 Å². The second-order valence-corrected chi connectivity index (χ2v) is 5.78. The zero-order chi connectivity index (χ0) is 15.5. The molecule has 22 heavy (non-hydrogen) atoms. The first kappa shape index (κ1) is 14.7. The van der Waals surface area contributed by atoms with E-state index < -0.39 is 5.97 Å². The number of likely N-dealkylation sites (N-methyl/N-ethyl adjacent to an activating group) is 1. The predicted octanol–water partition coefficient (Wildman–Crippen LogP) is 2.65. The summed E-state index contributed by atoms with van der Waals surface area (Å²) in [6.45, 7) is 2.07. The second-order valence-electron chi connectivity index (χ2n) is 5.78. The van der Waals surface area contributed by atoms with Crippen LogP contribution in [0.25, 0.3) is 11.3 Å². The first-order valence-corrected chi connectivity index (χ1v) is 7.48. The van der Waals surface area contributed by atoms with E-state index in [1.807, 2.05) is 6.07 Å². The van der Waals surface area contributed by atoms with Gasteiger partial charge in [0.05, 0.1) is 17.0 Å². The Bertz CT molecular complexity index is 687. The molecule has 1 aromatic carbocycles. The van der Waals surface area contributed by atoms with E-state index in [1.54, 1.807) is 30.6 Å². The van der Waals surface area contributed by atoms with Gasteiger partial charge in [-0.3, -0.25) is 9.97 Å². The van der Waals surface area contributed by atoms with Gasteiger partial charge in [-0.2, -0.15) is 0 Å². The lowest BCUT2D eigenvalue weighted by atomic mass is 9.91. The van der Waals surface area contributed by atoms with Gasteiger partial charge in [0.1, 0.15) is 0 Å². The lowest BCUT2D eigenvalue weighted by Gasteiger charge is -2.30. The molecule has 0 unspecified atom stereocenters. The minimum atomic E-state index is -0.926. The molecule has 1 N–H and O–H groups in total. The van der Waals surface area contributed by atoms with Crippen molar-refractivity contribution in [2.75, 3.05) is 20.1 Å². The van der Waals surface area contributed by atoms with E-state index >= 15 is 0 Å². The summed E-state index contributed by atoms with van der Waals surface area (Å²) < 4.78 is 0. The highest BCUT2D eigenvalue weighted by Gasteiger charge is 2.23. The number of carboxylic acids is 1. The van der Waals surface area contributed by atoms with E-state index in [1.165, 1.54) is 0 Å². The monoisotopic (exact) mass is 297 g/mol. The zero-order valence-electron chi connectivity index (χ0n) is 12.6. The minimum absolute atomic E-state index is 0.273. The first-order chi connectivity index (χ1) is 10.6. The molecule has 1 saturated heterocycles. The summed E-state index contributed by atoms with van der Waals surface area (Å²) in [6.07, 6.45) is 5.62. The summed E-state index contributed by atoms with van der Waals surface area (Å²) in [5.74, 6) is -0.583. The third-order valence-electron chi connectivity index (χ3n) is 4.12. The largest absolute Gasteiger partial charge is 0.478 e. The summed E-state index contributed by atoms with van der Waals surface area (Å²) in [6, 6.07) is 6.91. The number of nitrogens with zero attached hydrogens (tertiary/aromatic N) is 3. The van der Waals surface area contributed by atoms with Crippen LogP contribution in [0.1, 0.15) is 34.8 Å². The summed E-state index contributed by atoms with van der Waals surface area (Å²) >= 11 is 0.